The molecule has 0 spiro atoms. The van der Waals surface area contributed by atoms with Crippen LogP contribution < -0.4 is 5.32 Å². The number of benzene rings is 1. The van der Waals surface area contributed by atoms with Gasteiger partial charge < -0.3 is 5.32 Å². The first-order valence-corrected chi connectivity index (χ1v) is 9.43. The Morgan fingerprint density at radius 3 is 2.62 bits per heavy atom. The fourth-order valence-electron chi connectivity index (χ4n) is 3.84. The predicted octanol–water partition coefficient (Wildman–Crippen LogP) is 4.27. The maximum Gasteiger partial charge on any atom is 0.251 e. The molecule has 5 heteroatoms. The predicted molar refractivity (Wildman–Crippen MR) is 101 cm³/mol. The van der Waals surface area contributed by atoms with Gasteiger partial charge in [-0.3, -0.25) is 9.20 Å². The maximum atomic E-state index is 12.6. The molecular formula is C21H24N4O. The number of pyridine rings is 1. The van der Waals surface area contributed by atoms with E-state index in [1.807, 2.05) is 47.9 Å². The minimum Gasteiger partial charge on any atom is -0.342 e. The number of hydrogen-bond donors (Lipinski definition) is 1. The topological polar surface area (TPSA) is 59.3 Å². The number of nitrogens with one attached hydrogen (secondary N) is 1. The lowest BCUT2D eigenvalue weighted by Gasteiger charge is -2.22. The summed E-state index contributed by atoms with van der Waals surface area (Å²) in [5.41, 5.74) is 2.82. The maximum absolute atomic E-state index is 12.6. The van der Waals surface area contributed by atoms with Crippen molar-refractivity contribution in [3.8, 4) is 0 Å². The number of aromatic nitrogens is 3. The van der Waals surface area contributed by atoms with E-state index in [-0.39, 0.29) is 11.9 Å². The third-order valence-corrected chi connectivity index (χ3v) is 5.32. The number of rotatable bonds is 4. The molecule has 5 nitrogen and oxygen atoms in total. The molecule has 1 fully saturated rings. The van der Waals surface area contributed by atoms with Gasteiger partial charge >= 0.3 is 0 Å². The number of nitrogens with zero attached hydrogens (tertiary/aromatic N) is 3. The van der Waals surface area contributed by atoms with Crippen molar-refractivity contribution in [2.45, 2.75) is 51.0 Å². The molecular weight excluding hydrogens is 324 g/mol. The van der Waals surface area contributed by atoms with Crippen LogP contribution in [0, 0.1) is 0 Å². The van der Waals surface area contributed by atoms with E-state index in [1.165, 1.54) is 37.7 Å². The van der Waals surface area contributed by atoms with Crippen molar-refractivity contribution < 1.29 is 4.79 Å². The van der Waals surface area contributed by atoms with Crippen molar-refractivity contribution >= 4 is 11.6 Å². The molecule has 1 aliphatic carbocycles. The molecule has 2 heterocycles. The van der Waals surface area contributed by atoms with E-state index in [4.69, 9.17) is 0 Å². The Morgan fingerprint density at radius 2 is 1.85 bits per heavy atom. The van der Waals surface area contributed by atoms with Gasteiger partial charge in [0.2, 0.25) is 0 Å². The Kier molecular flexibility index (Phi) is 4.69. The molecule has 1 N–H and O–H groups in total. The SMILES string of the molecule is CC(NC(=O)c1ccc(C2CCCCC2)cc1)c1nnc2ccccn12. The molecule has 1 aliphatic rings. The Balaban J connectivity index is 1.45. The largest absolute Gasteiger partial charge is 0.342 e. The summed E-state index contributed by atoms with van der Waals surface area (Å²) in [6, 6.07) is 13.6. The molecule has 134 valence electrons. The second-order valence-electron chi connectivity index (χ2n) is 7.14. The molecule has 1 amide bonds. The van der Waals surface area contributed by atoms with Crippen molar-refractivity contribution in [3.63, 3.8) is 0 Å². The van der Waals surface area contributed by atoms with Crippen LogP contribution in [-0.2, 0) is 0 Å². The van der Waals surface area contributed by atoms with Gasteiger partial charge in [-0.15, -0.1) is 10.2 Å². The standard InChI is InChI=1S/C21H24N4O/c1-15(20-24-23-19-9-5-6-14-25(19)20)22-21(26)18-12-10-17(11-13-18)16-7-3-2-4-8-16/h5-6,9-16H,2-4,7-8H2,1H3,(H,22,26). The first-order chi connectivity index (χ1) is 12.7. The van der Waals surface area contributed by atoms with Crippen LogP contribution >= 0.6 is 0 Å². The Hall–Kier alpha value is -2.69. The van der Waals surface area contributed by atoms with Crippen molar-refractivity contribution in [2.24, 2.45) is 0 Å². The summed E-state index contributed by atoms with van der Waals surface area (Å²) in [5, 5.41) is 11.4. The number of amides is 1. The summed E-state index contributed by atoms with van der Waals surface area (Å²) in [6.07, 6.45) is 8.43. The van der Waals surface area contributed by atoms with Crippen LogP contribution in [0.15, 0.2) is 48.7 Å². The Morgan fingerprint density at radius 1 is 1.08 bits per heavy atom. The van der Waals surface area contributed by atoms with Gasteiger partial charge in [-0.25, -0.2) is 0 Å². The van der Waals surface area contributed by atoms with Gasteiger partial charge in [-0.1, -0.05) is 37.5 Å². The normalized spacial score (nSPS) is 16.5. The molecule has 1 atom stereocenters. The van der Waals surface area contributed by atoms with Crippen molar-refractivity contribution in [1.29, 1.82) is 0 Å². The van der Waals surface area contributed by atoms with Gasteiger partial charge in [0.05, 0.1) is 6.04 Å². The van der Waals surface area contributed by atoms with E-state index in [0.717, 1.165) is 11.5 Å². The lowest BCUT2D eigenvalue weighted by atomic mass is 9.84. The molecule has 0 bridgehead atoms. The molecule has 0 radical (unpaired) electrons. The monoisotopic (exact) mass is 348 g/mol. The lowest BCUT2D eigenvalue weighted by molar-refractivity contribution is 0.0938. The molecule has 2 aromatic heterocycles. The molecule has 1 aromatic carbocycles. The fourth-order valence-corrected chi connectivity index (χ4v) is 3.84. The summed E-state index contributed by atoms with van der Waals surface area (Å²) in [5.74, 6) is 1.30. The molecule has 0 saturated heterocycles. The first-order valence-electron chi connectivity index (χ1n) is 9.43. The highest BCUT2D eigenvalue weighted by Gasteiger charge is 2.18. The highest BCUT2D eigenvalue weighted by molar-refractivity contribution is 5.94. The zero-order valence-corrected chi connectivity index (χ0v) is 15.1. The number of carbonyl (C=O) groups is 1. The van der Waals surface area contributed by atoms with Crippen molar-refractivity contribution in [1.82, 2.24) is 19.9 Å². The van der Waals surface area contributed by atoms with Gasteiger partial charge in [0, 0.05) is 11.8 Å². The summed E-state index contributed by atoms with van der Waals surface area (Å²) in [7, 11) is 0. The van der Waals surface area contributed by atoms with E-state index < -0.39 is 0 Å². The highest BCUT2D eigenvalue weighted by Crippen LogP contribution is 2.32. The zero-order valence-electron chi connectivity index (χ0n) is 15.1. The first kappa shape index (κ1) is 16.8. The zero-order chi connectivity index (χ0) is 17.9. The molecule has 0 aliphatic heterocycles. The van der Waals surface area contributed by atoms with Gasteiger partial charge in [-0.2, -0.15) is 0 Å². The summed E-state index contributed by atoms with van der Waals surface area (Å²) in [4.78, 5) is 12.6. The smallest absolute Gasteiger partial charge is 0.251 e. The van der Waals surface area contributed by atoms with Gasteiger partial charge in [-0.05, 0) is 55.5 Å². The van der Waals surface area contributed by atoms with Crippen LogP contribution in [0.1, 0.15) is 72.7 Å². The van der Waals surface area contributed by atoms with E-state index >= 15 is 0 Å². The van der Waals surface area contributed by atoms with Crippen LogP contribution in [0.2, 0.25) is 0 Å². The highest BCUT2D eigenvalue weighted by atomic mass is 16.1. The second kappa shape index (κ2) is 7.28. The van der Waals surface area contributed by atoms with Crippen molar-refractivity contribution in [3.05, 3.63) is 65.6 Å². The van der Waals surface area contributed by atoms with Crippen LogP contribution in [-0.4, -0.2) is 20.5 Å². The Labute approximate surface area is 153 Å². The fraction of sp³-hybridized carbons (Fsp3) is 0.381. The average molecular weight is 348 g/mol. The quantitative estimate of drug-likeness (QED) is 0.766. The van der Waals surface area contributed by atoms with Crippen LogP contribution in [0.4, 0.5) is 0 Å². The molecule has 1 unspecified atom stereocenters. The van der Waals surface area contributed by atoms with Gasteiger partial charge in [0.25, 0.3) is 5.91 Å². The third-order valence-electron chi connectivity index (χ3n) is 5.32. The molecule has 3 aromatic rings. The van der Waals surface area contributed by atoms with Crippen LogP contribution in [0.25, 0.3) is 5.65 Å². The minimum atomic E-state index is -0.224. The minimum absolute atomic E-state index is 0.0830. The second-order valence-corrected chi connectivity index (χ2v) is 7.14. The van der Waals surface area contributed by atoms with E-state index in [1.54, 1.807) is 0 Å². The van der Waals surface area contributed by atoms with Crippen LogP contribution in [0.5, 0.6) is 0 Å². The number of fused-ring (bicyclic) bond motifs is 1. The van der Waals surface area contributed by atoms with Crippen LogP contribution in [0.3, 0.4) is 0 Å². The summed E-state index contributed by atoms with van der Waals surface area (Å²) < 4.78 is 1.90. The average Bonchev–Trinajstić information content (AvgIpc) is 3.13. The molecule has 4 rings (SSSR count). The third kappa shape index (κ3) is 3.34. The van der Waals surface area contributed by atoms with E-state index in [0.29, 0.717) is 11.5 Å². The lowest BCUT2D eigenvalue weighted by Crippen LogP contribution is -2.28. The summed E-state index contributed by atoms with van der Waals surface area (Å²) in [6.45, 7) is 1.93. The molecule has 26 heavy (non-hydrogen) atoms. The van der Waals surface area contributed by atoms with E-state index in [9.17, 15) is 4.79 Å². The number of hydrogen-bond acceptors (Lipinski definition) is 3. The number of carbonyl (C=O) groups excluding carboxylic acids is 1. The van der Waals surface area contributed by atoms with Gasteiger partial charge in [0.15, 0.2) is 11.5 Å². The molecule has 1 saturated carbocycles. The van der Waals surface area contributed by atoms with Gasteiger partial charge in [0.1, 0.15) is 0 Å². The van der Waals surface area contributed by atoms with E-state index in [2.05, 4.69) is 27.6 Å². The van der Waals surface area contributed by atoms with Crippen molar-refractivity contribution in [2.75, 3.05) is 0 Å². The Bertz CT molecular complexity index is 894. The summed E-state index contributed by atoms with van der Waals surface area (Å²) >= 11 is 0.